The van der Waals surface area contributed by atoms with Crippen molar-refractivity contribution < 1.29 is 9.47 Å². The van der Waals surface area contributed by atoms with Gasteiger partial charge in [0.2, 0.25) is 0 Å². The van der Waals surface area contributed by atoms with Gasteiger partial charge in [0.15, 0.2) is 11.5 Å². The second-order valence-corrected chi connectivity index (χ2v) is 7.43. The van der Waals surface area contributed by atoms with Gasteiger partial charge in [-0.2, -0.15) is 0 Å². The van der Waals surface area contributed by atoms with Crippen molar-refractivity contribution in [2.24, 2.45) is 0 Å². The molecule has 0 amide bonds. The van der Waals surface area contributed by atoms with E-state index in [0.717, 1.165) is 52.6 Å². The molecule has 0 saturated carbocycles. The Balaban J connectivity index is 1.55. The van der Waals surface area contributed by atoms with E-state index in [2.05, 4.69) is 41.5 Å². The van der Waals surface area contributed by atoms with Gasteiger partial charge in [-0.1, -0.05) is 12.1 Å². The molecule has 0 aliphatic heterocycles. The van der Waals surface area contributed by atoms with Gasteiger partial charge in [0, 0.05) is 18.3 Å². The highest BCUT2D eigenvalue weighted by atomic mass is 16.5. The molecule has 154 valence electrons. The van der Waals surface area contributed by atoms with Crippen LogP contribution in [0.15, 0.2) is 66.9 Å². The number of hydrogen-bond acceptors (Lipinski definition) is 5. The second kappa shape index (κ2) is 8.97. The summed E-state index contributed by atoms with van der Waals surface area (Å²) in [5.74, 6) is 2.51. The molecule has 0 spiro atoms. The molecule has 6 heteroatoms. The number of pyridine rings is 1. The van der Waals surface area contributed by atoms with Crippen molar-refractivity contribution in [1.82, 2.24) is 19.5 Å². The Bertz CT molecular complexity index is 1100. The molecule has 2 aromatic heterocycles. The summed E-state index contributed by atoms with van der Waals surface area (Å²) in [5.41, 5.74) is 4.01. The van der Waals surface area contributed by atoms with Crippen LogP contribution < -0.4 is 9.47 Å². The number of nitrogens with zero attached hydrogens (tertiary/aromatic N) is 4. The quantitative estimate of drug-likeness (QED) is 0.409. The summed E-state index contributed by atoms with van der Waals surface area (Å²) < 4.78 is 13.1. The first-order valence-electron chi connectivity index (χ1n) is 10.0. The minimum atomic E-state index is 0.705. The zero-order chi connectivity index (χ0) is 20.9. The van der Waals surface area contributed by atoms with E-state index in [1.54, 1.807) is 7.11 Å². The number of hydrogen-bond donors (Lipinski definition) is 0. The largest absolute Gasteiger partial charge is 0.497 e. The van der Waals surface area contributed by atoms with Crippen LogP contribution in [0.4, 0.5) is 0 Å². The Morgan fingerprint density at radius 2 is 1.47 bits per heavy atom. The van der Waals surface area contributed by atoms with Gasteiger partial charge in [0.05, 0.1) is 13.7 Å². The van der Waals surface area contributed by atoms with Crippen molar-refractivity contribution in [2.45, 2.75) is 6.42 Å². The van der Waals surface area contributed by atoms with E-state index < -0.39 is 0 Å². The SMILES string of the molecule is COc1ccc(-c2ccc3nnc(-c4ccc(OCCCN(C)C)cc4)n3c2)cc1. The van der Waals surface area contributed by atoms with E-state index in [1.807, 2.05) is 59.0 Å². The van der Waals surface area contributed by atoms with Gasteiger partial charge in [-0.25, -0.2) is 0 Å². The molecular weight excluding hydrogens is 376 g/mol. The fourth-order valence-electron chi connectivity index (χ4n) is 3.31. The molecule has 0 aliphatic carbocycles. The molecule has 0 atom stereocenters. The van der Waals surface area contributed by atoms with Crippen molar-refractivity contribution in [3.8, 4) is 34.0 Å². The Labute approximate surface area is 176 Å². The zero-order valence-corrected chi connectivity index (χ0v) is 17.6. The lowest BCUT2D eigenvalue weighted by atomic mass is 10.1. The van der Waals surface area contributed by atoms with Crippen LogP contribution in [0.25, 0.3) is 28.2 Å². The Morgan fingerprint density at radius 1 is 0.800 bits per heavy atom. The fourth-order valence-corrected chi connectivity index (χ4v) is 3.31. The van der Waals surface area contributed by atoms with E-state index >= 15 is 0 Å². The smallest absolute Gasteiger partial charge is 0.168 e. The third-order valence-corrected chi connectivity index (χ3v) is 4.96. The molecule has 4 rings (SSSR count). The maximum absolute atomic E-state index is 5.83. The number of aromatic nitrogens is 3. The number of benzene rings is 2. The molecule has 6 nitrogen and oxygen atoms in total. The molecule has 30 heavy (non-hydrogen) atoms. The molecule has 0 saturated heterocycles. The second-order valence-electron chi connectivity index (χ2n) is 7.43. The molecule has 0 aliphatic rings. The summed E-state index contributed by atoms with van der Waals surface area (Å²) in [4.78, 5) is 2.16. The summed E-state index contributed by atoms with van der Waals surface area (Å²) in [7, 11) is 5.81. The summed E-state index contributed by atoms with van der Waals surface area (Å²) in [6.07, 6.45) is 3.07. The molecule has 4 aromatic rings. The van der Waals surface area contributed by atoms with Crippen molar-refractivity contribution in [3.05, 3.63) is 66.9 Å². The van der Waals surface area contributed by atoms with Gasteiger partial charge < -0.3 is 14.4 Å². The predicted octanol–water partition coefficient (Wildman–Crippen LogP) is 4.40. The number of fused-ring (bicyclic) bond motifs is 1. The standard InChI is InChI=1S/C24H26N4O2/c1-27(2)15-4-16-30-22-12-7-19(8-13-22)24-26-25-23-14-9-20(17-28(23)24)18-5-10-21(29-3)11-6-18/h5-14,17H,4,15-16H2,1-3H3. The lowest BCUT2D eigenvalue weighted by Gasteiger charge is -2.10. The third-order valence-electron chi connectivity index (χ3n) is 4.96. The van der Waals surface area contributed by atoms with Gasteiger partial charge in [-0.15, -0.1) is 10.2 Å². The van der Waals surface area contributed by atoms with Crippen LogP contribution in [0.2, 0.25) is 0 Å². The lowest BCUT2D eigenvalue weighted by Crippen LogP contribution is -2.15. The predicted molar refractivity (Wildman–Crippen MR) is 119 cm³/mol. The van der Waals surface area contributed by atoms with Gasteiger partial charge >= 0.3 is 0 Å². The molecule has 0 radical (unpaired) electrons. The average molecular weight is 402 g/mol. The monoisotopic (exact) mass is 402 g/mol. The lowest BCUT2D eigenvalue weighted by molar-refractivity contribution is 0.281. The Hall–Kier alpha value is -3.38. The van der Waals surface area contributed by atoms with Crippen LogP contribution in [-0.4, -0.2) is 53.9 Å². The molecule has 0 unspecified atom stereocenters. The number of methoxy groups -OCH3 is 1. The normalized spacial score (nSPS) is 11.2. The van der Waals surface area contributed by atoms with Gasteiger partial charge in [0.1, 0.15) is 11.5 Å². The van der Waals surface area contributed by atoms with Gasteiger partial charge in [-0.05, 0) is 80.2 Å². The maximum atomic E-state index is 5.83. The van der Waals surface area contributed by atoms with E-state index in [9.17, 15) is 0 Å². The van der Waals surface area contributed by atoms with E-state index in [4.69, 9.17) is 9.47 Å². The van der Waals surface area contributed by atoms with E-state index in [-0.39, 0.29) is 0 Å². The minimum Gasteiger partial charge on any atom is -0.497 e. The maximum Gasteiger partial charge on any atom is 0.168 e. The first-order chi connectivity index (χ1) is 14.6. The molecule has 2 aromatic carbocycles. The number of ether oxygens (including phenoxy) is 2. The van der Waals surface area contributed by atoms with Crippen LogP contribution in [0.5, 0.6) is 11.5 Å². The van der Waals surface area contributed by atoms with E-state index in [0.29, 0.717) is 6.61 Å². The van der Waals surface area contributed by atoms with Gasteiger partial charge in [0.25, 0.3) is 0 Å². The highest BCUT2D eigenvalue weighted by Gasteiger charge is 2.10. The molecule has 0 N–H and O–H groups in total. The summed E-state index contributed by atoms with van der Waals surface area (Å²) in [6.45, 7) is 1.72. The van der Waals surface area contributed by atoms with Crippen LogP contribution in [0.1, 0.15) is 6.42 Å². The highest BCUT2D eigenvalue weighted by molar-refractivity contribution is 5.68. The minimum absolute atomic E-state index is 0.705. The van der Waals surface area contributed by atoms with Crippen molar-refractivity contribution in [3.63, 3.8) is 0 Å². The highest BCUT2D eigenvalue weighted by Crippen LogP contribution is 2.26. The number of rotatable bonds is 8. The first-order valence-corrected chi connectivity index (χ1v) is 10.0. The van der Waals surface area contributed by atoms with Crippen molar-refractivity contribution >= 4 is 5.65 Å². The van der Waals surface area contributed by atoms with Crippen molar-refractivity contribution in [2.75, 3.05) is 34.4 Å². The van der Waals surface area contributed by atoms with Crippen LogP contribution in [0, 0.1) is 0 Å². The topological polar surface area (TPSA) is 51.9 Å². The summed E-state index contributed by atoms with van der Waals surface area (Å²) in [5, 5.41) is 8.71. The van der Waals surface area contributed by atoms with Crippen LogP contribution in [-0.2, 0) is 0 Å². The van der Waals surface area contributed by atoms with E-state index in [1.165, 1.54) is 0 Å². The average Bonchev–Trinajstić information content (AvgIpc) is 3.20. The van der Waals surface area contributed by atoms with Gasteiger partial charge in [-0.3, -0.25) is 4.40 Å². The molecule has 2 heterocycles. The molecular formula is C24H26N4O2. The molecule has 0 bridgehead atoms. The Morgan fingerprint density at radius 3 is 2.17 bits per heavy atom. The fraction of sp³-hybridized carbons (Fsp3) is 0.250. The third kappa shape index (κ3) is 4.44. The zero-order valence-electron chi connectivity index (χ0n) is 17.6. The van der Waals surface area contributed by atoms with Crippen molar-refractivity contribution in [1.29, 1.82) is 0 Å². The first kappa shape index (κ1) is 19.9. The van der Waals surface area contributed by atoms with Crippen LogP contribution >= 0.6 is 0 Å². The van der Waals surface area contributed by atoms with Crippen LogP contribution in [0.3, 0.4) is 0 Å². The summed E-state index contributed by atoms with van der Waals surface area (Å²) >= 11 is 0. The molecule has 0 fully saturated rings. The summed E-state index contributed by atoms with van der Waals surface area (Å²) in [6, 6.07) is 20.1. The Kier molecular flexibility index (Phi) is 5.95.